The second kappa shape index (κ2) is 6.44. The number of phenols is 1. The maximum absolute atomic E-state index is 11.4. The third kappa shape index (κ3) is 4.02. The Kier molecular flexibility index (Phi) is 4.93. The molecule has 0 saturated carbocycles. The van der Waals surface area contributed by atoms with Crippen molar-refractivity contribution in [2.24, 2.45) is 0 Å². The van der Waals surface area contributed by atoms with Gasteiger partial charge in [-0.15, -0.1) is 0 Å². The van der Waals surface area contributed by atoms with E-state index in [-0.39, 0.29) is 17.1 Å². The summed E-state index contributed by atoms with van der Waals surface area (Å²) in [6, 6.07) is 4.41. The molecule has 0 aliphatic rings. The van der Waals surface area contributed by atoms with E-state index in [1.807, 2.05) is 0 Å². The fourth-order valence-corrected chi connectivity index (χ4v) is 1.46. The van der Waals surface area contributed by atoms with Crippen LogP contribution in [0.15, 0.2) is 23.8 Å². The van der Waals surface area contributed by atoms with Crippen LogP contribution in [0.25, 0.3) is 6.08 Å². The average molecular weight is 266 g/mol. The van der Waals surface area contributed by atoms with Gasteiger partial charge in [0.25, 0.3) is 0 Å². The fourth-order valence-electron chi connectivity index (χ4n) is 1.46. The first-order valence-corrected chi connectivity index (χ1v) is 5.35. The van der Waals surface area contributed by atoms with Crippen molar-refractivity contribution < 1.29 is 29.3 Å². The number of methoxy groups -OCH3 is 2. The van der Waals surface area contributed by atoms with Gasteiger partial charge in [-0.2, -0.15) is 0 Å². The Morgan fingerprint density at radius 3 is 2.53 bits per heavy atom. The van der Waals surface area contributed by atoms with Crippen LogP contribution in [0.5, 0.6) is 11.5 Å². The Balaban J connectivity index is 3.13. The summed E-state index contributed by atoms with van der Waals surface area (Å²) in [6.07, 6.45) is 0.928. The minimum Gasteiger partial charge on any atom is -0.504 e. The first-order chi connectivity index (χ1) is 8.97. The number of aromatic hydroxyl groups is 1. The van der Waals surface area contributed by atoms with E-state index in [1.54, 1.807) is 0 Å². The maximum atomic E-state index is 11.4. The standard InChI is InChI=1S/C13H14O6/c1-18-11-6-8(3-4-10(11)14)5-9(7-12(15)16)13(17)19-2/h3-6,14H,7H2,1-2H3,(H,15,16)/b9-5+. The van der Waals surface area contributed by atoms with E-state index in [0.717, 1.165) is 0 Å². The quantitative estimate of drug-likeness (QED) is 0.618. The van der Waals surface area contributed by atoms with Crippen LogP contribution in [0.1, 0.15) is 12.0 Å². The molecule has 19 heavy (non-hydrogen) atoms. The number of hydrogen-bond acceptors (Lipinski definition) is 5. The van der Waals surface area contributed by atoms with Crippen LogP contribution in [-0.2, 0) is 14.3 Å². The van der Waals surface area contributed by atoms with E-state index < -0.39 is 18.4 Å². The molecular formula is C13H14O6. The Morgan fingerprint density at radius 1 is 1.32 bits per heavy atom. The molecule has 0 radical (unpaired) electrons. The van der Waals surface area contributed by atoms with Crippen molar-refractivity contribution in [3.63, 3.8) is 0 Å². The summed E-state index contributed by atoms with van der Waals surface area (Å²) in [5, 5.41) is 18.2. The van der Waals surface area contributed by atoms with Crippen LogP contribution < -0.4 is 4.74 Å². The number of rotatable bonds is 5. The summed E-state index contributed by atoms with van der Waals surface area (Å²) in [6.45, 7) is 0. The SMILES string of the molecule is COC(=O)/C(=C/c1ccc(O)c(OC)c1)CC(=O)O. The summed E-state index contributed by atoms with van der Waals surface area (Å²) in [4.78, 5) is 22.1. The molecule has 0 bridgehead atoms. The molecule has 6 heteroatoms. The number of ether oxygens (including phenoxy) is 2. The lowest BCUT2D eigenvalue weighted by molar-refractivity contribution is -0.141. The van der Waals surface area contributed by atoms with Gasteiger partial charge in [0.1, 0.15) is 0 Å². The zero-order chi connectivity index (χ0) is 14.4. The molecule has 0 fully saturated rings. The zero-order valence-electron chi connectivity index (χ0n) is 10.5. The molecule has 0 aliphatic heterocycles. The maximum Gasteiger partial charge on any atom is 0.334 e. The van der Waals surface area contributed by atoms with E-state index in [0.29, 0.717) is 5.56 Å². The molecule has 102 valence electrons. The van der Waals surface area contributed by atoms with Gasteiger partial charge in [0.05, 0.1) is 20.6 Å². The number of carboxylic acids is 1. The molecule has 6 nitrogen and oxygen atoms in total. The number of carbonyl (C=O) groups is 2. The number of benzene rings is 1. The van der Waals surface area contributed by atoms with Crippen LogP contribution in [0.3, 0.4) is 0 Å². The number of esters is 1. The highest BCUT2D eigenvalue weighted by Crippen LogP contribution is 2.27. The molecule has 0 aromatic heterocycles. The number of phenolic OH excluding ortho intramolecular Hbond substituents is 1. The van der Waals surface area contributed by atoms with Gasteiger partial charge in [0, 0.05) is 5.57 Å². The Labute approximate surface area is 109 Å². The normalized spacial score (nSPS) is 10.9. The first-order valence-electron chi connectivity index (χ1n) is 5.35. The smallest absolute Gasteiger partial charge is 0.334 e. The van der Waals surface area contributed by atoms with Crippen molar-refractivity contribution in [3.05, 3.63) is 29.3 Å². The van der Waals surface area contributed by atoms with Gasteiger partial charge in [-0.1, -0.05) is 6.07 Å². The van der Waals surface area contributed by atoms with E-state index >= 15 is 0 Å². The molecule has 0 spiro atoms. The largest absolute Gasteiger partial charge is 0.504 e. The highest BCUT2D eigenvalue weighted by molar-refractivity contribution is 5.97. The van der Waals surface area contributed by atoms with Crippen LogP contribution in [0.4, 0.5) is 0 Å². The monoisotopic (exact) mass is 266 g/mol. The molecule has 0 saturated heterocycles. The molecule has 0 unspecified atom stereocenters. The van der Waals surface area contributed by atoms with Gasteiger partial charge >= 0.3 is 11.9 Å². The zero-order valence-corrected chi connectivity index (χ0v) is 10.5. The molecule has 1 aromatic carbocycles. The van der Waals surface area contributed by atoms with Gasteiger partial charge < -0.3 is 19.7 Å². The van der Waals surface area contributed by atoms with Crippen LogP contribution in [0.2, 0.25) is 0 Å². The van der Waals surface area contributed by atoms with Crippen LogP contribution >= 0.6 is 0 Å². The van der Waals surface area contributed by atoms with E-state index in [1.165, 1.54) is 38.5 Å². The van der Waals surface area contributed by atoms with Crippen LogP contribution in [0, 0.1) is 0 Å². The summed E-state index contributed by atoms with van der Waals surface area (Å²) in [5.74, 6) is -1.66. The Morgan fingerprint density at radius 2 is 2.00 bits per heavy atom. The first kappa shape index (κ1) is 14.6. The van der Waals surface area contributed by atoms with Crippen molar-refractivity contribution in [1.82, 2.24) is 0 Å². The lowest BCUT2D eigenvalue weighted by Crippen LogP contribution is -2.09. The van der Waals surface area contributed by atoms with Gasteiger partial charge in [0.2, 0.25) is 0 Å². The van der Waals surface area contributed by atoms with Gasteiger partial charge in [-0.05, 0) is 23.8 Å². The van der Waals surface area contributed by atoms with E-state index in [9.17, 15) is 14.7 Å². The highest BCUT2D eigenvalue weighted by atomic mass is 16.5. The summed E-state index contributed by atoms with van der Waals surface area (Å²) in [5.41, 5.74) is 0.527. The van der Waals surface area contributed by atoms with Crippen molar-refractivity contribution >= 4 is 18.0 Å². The lowest BCUT2D eigenvalue weighted by Gasteiger charge is -2.06. The van der Waals surface area contributed by atoms with Crippen LogP contribution in [-0.4, -0.2) is 36.4 Å². The van der Waals surface area contributed by atoms with E-state index in [4.69, 9.17) is 9.84 Å². The Hall–Kier alpha value is -2.50. The number of hydrogen-bond donors (Lipinski definition) is 2. The summed E-state index contributed by atoms with van der Waals surface area (Å²) in [7, 11) is 2.57. The van der Waals surface area contributed by atoms with Crippen molar-refractivity contribution in [1.29, 1.82) is 0 Å². The molecule has 0 atom stereocenters. The molecule has 1 aromatic rings. The lowest BCUT2D eigenvalue weighted by atomic mass is 10.1. The molecule has 0 aliphatic carbocycles. The summed E-state index contributed by atoms with van der Waals surface area (Å²) < 4.78 is 9.44. The topological polar surface area (TPSA) is 93.1 Å². The van der Waals surface area contributed by atoms with Gasteiger partial charge in [0.15, 0.2) is 11.5 Å². The van der Waals surface area contributed by atoms with Crippen molar-refractivity contribution in [2.45, 2.75) is 6.42 Å². The Bertz CT molecular complexity index is 518. The van der Waals surface area contributed by atoms with Gasteiger partial charge in [-0.25, -0.2) is 4.79 Å². The fraction of sp³-hybridized carbons (Fsp3) is 0.231. The molecule has 0 heterocycles. The number of aliphatic carboxylic acids is 1. The predicted molar refractivity (Wildman–Crippen MR) is 66.9 cm³/mol. The molecule has 1 rings (SSSR count). The predicted octanol–water partition coefficient (Wildman–Crippen LogP) is 1.43. The van der Waals surface area contributed by atoms with Crippen molar-refractivity contribution in [2.75, 3.05) is 14.2 Å². The second-order valence-electron chi connectivity index (χ2n) is 3.66. The minimum absolute atomic E-state index is 0.00254. The average Bonchev–Trinajstić information content (AvgIpc) is 2.38. The molecular weight excluding hydrogens is 252 g/mol. The number of carboxylic acid groups (broad SMARTS) is 1. The van der Waals surface area contributed by atoms with E-state index in [2.05, 4.69) is 4.74 Å². The molecule has 2 N–H and O–H groups in total. The third-order valence-corrected chi connectivity index (χ3v) is 2.33. The number of carbonyl (C=O) groups excluding carboxylic acids is 1. The summed E-state index contributed by atoms with van der Waals surface area (Å²) >= 11 is 0. The second-order valence-corrected chi connectivity index (χ2v) is 3.66. The highest BCUT2D eigenvalue weighted by Gasteiger charge is 2.14. The van der Waals surface area contributed by atoms with Crippen molar-refractivity contribution in [3.8, 4) is 11.5 Å². The van der Waals surface area contributed by atoms with Gasteiger partial charge in [-0.3, -0.25) is 4.79 Å². The third-order valence-electron chi connectivity index (χ3n) is 2.33. The minimum atomic E-state index is -1.14. The molecule has 0 amide bonds.